The molecule has 0 amide bonds. The molecule has 2 nitrogen and oxygen atoms in total. The molecule has 0 saturated heterocycles. The van der Waals surface area contributed by atoms with Crippen LogP contribution in [0.1, 0.15) is 0 Å². The van der Waals surface area contributed by atoms with Crippen LogP contribution < -0.4 is 10.4 Å². The molecule has 2 heteroatoms. The van der Waals surface area contributed by atoms with Crippen molar-refractivity contribution in [3.8, 4) is 0 Å². The topological polar surface area (TPSA) is 24.7 Å². The molecular formula is C10H4N2. The van der Waals surface area contributed by atoms with E-state index >= 15 is 0 Å². The molecule has 1 aromatic carbocycles. The van der Waals surface area contributed by atoms with Crippen molar-refractivity contribution in [2.24, 2.45) is 9.98 Å². The largest absolute Gasteiger partial charge is 0.246 e. The Bertz CT molecular complexity index is 473. The van der Waals surface area contributed by atoms with Gasteiger partial charge in [-0.05, 0) is 24.3 Å². The predicted molar refractivity (Wildman–Crippen MR) is 48.8 cm³/mol. The van der Waals surface area contributed by atoms with Gasteiger partial charge in [-0.25, -0.2) is 9.98 Å². The summed E-state index contributed by atoms with van der Waals surface area (Å²) in [6.07, 6.45) is 9.42. The molecule has 0 aliphatic carbocycles. The Kier molecular flexibility index (Phi) is 0.939. The smallest absolute Gasteiger partial charge is 0.0901 e. The Hall–Kier alpha value is -1.70. The normalized spacial score (nSPS) is 15.3. The summed E-state index contributed by atoms with van der Waals surface area (Å²) >= 11 is 0. The van der Waals surface area contributed by atoms with Crippen molar-refractivity contribution >= 4 is 36.0 Å². The lowest BCUT2D eigenvalue weighted by molar-refractivity contribution is 1.44. The molecule has 0 N–H and O–H groups in total. The number of benzene rings is 1. The van der Waals surface area contributed by atoms with Crippen LogP contribution in [0, 0.1) is 0 Å². The van der Waals surface area contributed by atoms with E-state index in [0.717, 1.165) is 21.8 Å². The Morgan fingerprint density at radius 2 is 1.33 bits per heavy atom. The lowest BCUT2D eigenvalue weighted by atomic mass is 10.2. The fourth-order valence-electron chi connectivity index (χ4n) is 1.44. The molecule has 0 fully saturated rings. The number of aliphatic imine (C=N–C) groups is 2. The van der Waals surface area contributed by atoms with E-state index in [1.807, 2.05) is 24.3 Å². The average molecular weight is 152 g/mol. The van der Waals surface area contributed by atoms with Crippen LogP contribution in [-0.2, 0) is 0 Å². The van der Waals surface area contributed by atoms with Gasteiger partial charge in [0.2, 0.25) is 0 Å². The second-order valence-corrected chi connectivity index (χ2v) is 2.70. The minimum absolute atomic E-state index is 0.976. The molecule has 0 spiro atoms. The van der Waals surface area contributed by atoms with E-state index < -0.39 is 0 Å². The number of rotatable bonds is 0. The van der Waals surface area contributed by atoms with Crippen molar-refractivity contribution in [1.82, 2.24) is 0 Å². The van der Waals surface area contributed by atoms with Gasteiger partial charge in [0, 0.05) is 10.4 Å². The van der Waals surface area contributed by atoms with Crippen LogP contribution in [0.15, 0.2) is 22.1 Å². The summed E-state index contributed by atoms with van der Waals surface area (Å²) in [4.78, 5) is 8.16. The molecule has 2 heterocycles. The van der Waals surface area contributed by atoms with Gasteiger partial charge in [0.1, 0.15) is 0 Å². The van der Waals surface area contributed by atoms with Crippen molar-refractivity contribution in [2.75, 3.05) is 0 Å². The maximum absolute atomic E-state index is 4.08. The van der Waals surface area contributed by atoms with Crippen molar-refractivity contribution < 1.29 is 0 Å². The van der Waals surface area contributed by atoms with Gasteiger partial charge in [0.15, 0.2) is 0 Å². The molecule has 2 aliphatic heterocycles. The molecule has 54 valence electrons. The number of nitrogens with zero attached hydrogens (tertiary/aromatic N) is 2. The van der Waals surface area contributed by atoms with E-state index in [9.17, 15) is 0 Å². The zero-order chi connectivity index (χ0) is 7.97. The molecule has 0 bridgehead atoms. The van der Waals surface area contributed by atoms with E-state index in [-0.39, 0.29) is 0 Å². The highest BCUT2D eigenvalue weighted by Crippen LogP contribution is 2.12. The van der Waals surface area contributed by atoms with Gasteiger partial charge in [-0.1, -0.05) is 0 Å². The quantitative estimate of drug-likeness (QED) is 0.515. The van der Waals surface area contributed by atoms with E-state index in [2.05, 4.69) is 22.4 Å². The maximum atomic E-state index is 4.08. The first-order chi connectivity index (χ1) is 5.95. The van der Waals surface area contributed by atoms with Crippen LogP contribution in [0.5, 0.6) is 0 Å². The van der Waals surface area contributed by atoms with Crippen LogP contribution >= 0.6 is 0 Å². The van der Waals surface area contributed by atoms with Crippen molar-refractivity contribution in [3.63, 3.8) is 0 Å². The molecule has 2 aliphatic rings. The van der Waals surface area contributed by atoms with Crippen LogP contribution in [-0.4, -0.2) is 12.4 Å². The van der Waals surface area contributed by atoms with Crippen LogP contribution in [0.3, 0.4) is 0 Å². The van der Waals surface area contributed by atoms with Gasteiger partial charge >= 0.3 is 0 Å². The lowest BCUT2D eigenvalue weighted by Gasteiger charge is -1.92. The molecule has 1 aromatic rings. The fraction of sp³-hybridized carbons (Fsp3) is 0. The highest BCUT2D eigenvalue weighted by molar-refractivity contribution is 6.01. The Labute approximate surface area is 69.3 Å². The monoisotopic (exact) mass is 152 g/mol. The molecule has 12 heavy (non-hydrogen) atoms. The molecule has 3 rings (SSSR count). The highest BCUT2D eigenvalue weighted by atomic mass is 14.8. The highest BCUT2D eigenvalue weighted by Gasteiger charge is 2.05. The molecule has 0 atom stereocenters. The van der Waals surface area contributed by atoms with Crippen LogP contribution in [0.2, 0.25) is 0 Å². The summed E-state index contributed by atoms with van der Waals surface area (Å²) in [5.41, 5.74) is 1.95. The average Bonchev–Trinajstić information content (AvgIpc) is 2.71. The van der Waals surface area contributed by atoms with Crippen molar-refractivity contribution in [2.45, 2.75) is 0 Å². The minimum Gasteiger partial charge on any atom is -0.246 e. The predicted octanol–water partition coefficient (Wildman–Crippen LogP) is 0.433. The minimum atomic E-state index is 0.976. The zero-order valence-electron chi connectivity index (χ0n) is 6.20. The first-order valence-electron chi connectivity index (χ1n) is 3.71. The number of hydrogen-bond acceptors (Lipinski definition) is 2. The summed E-state index contributed by atoms with van der Waals surface area (Å²) in [6.45, 7) is 0. The number of hydrogen-bond donors (Lipinski definition) is 0. The van der Waals surface area contributed by atoms with E-state index in [1.165, 1.54) is 0 Å². The molecule has 0 unspecified atom stereocenters. The maximum Gasteiger partial charge on any atom is 0.0901 e. The van der Waals surface area contributed by atoms with Gasteiger partial charge in [-0.3, -0.25) is 0 Å². The summed E-state index contributed by atoms with van der Waals surface area (Å²) in [5, 5.41) is 2.22. The zero-order valence-corrected chi connectivity index (χ0v) is 6.20. The Balaban J connectivity index is 2.58. The Morgan fingerprint density at radius 1 is 0.833 bits per heavy atom. The van der Waals surface area contributed by atoms with Crippen LogP contribution in [0.4, 0.5) is 11.4 Å². The first-order valence-corrected chi connectivity index (χ1v) is 3.71. The van der Waals surface area contributed by atoms with Gasteiger partial charge in [-0.2, -0.15) is 0 Å². The molecule has 0 aromatic heterocycles. The Morgan fingerprint density at radius 3 is 1.83 bits per heavy atom. The fourth-order valence-corrected chi connectivity index (χ4v) is 1.44. The van der Waals surface area contributed by atoms with Gasteiger partial charge < -0.3 is 0 Å². The van der Waals surface area contributed by atoms with E-state index in [0.29, 0.717) is 0 Å². The van der Waals surface area contributed by atoms with E-state index in [4.69, 9.17) is 0 Å². The lowest BCUT2D eigenvalue weighted by Crippen LogP contribution is -2.22. The van der Waals surface area contributed by atoms with Crippen molar-refractivity contribution in [1.29, 1.82) is 0 Å². The standard InChI is InChI=1S/C10H4N2/c1-2-10-8(4-6-12-10)7-3-5-11-9(1)7/h1-4H. The SMILES string of the molecule is [C]1=Nc2ccc3c(c2=C1)=C[C]=N3. The van der Waals surface area contributed by atoms with Gasteiger partial charge in [-0.15, -0.1) is 0 Å². The van der Waals surface area contributed by atoms with Gasteiger partial charge in [0.25, 0.3) is 0 Å². The third kappa shape index (κ3) is 0.593. The summed E-state index contributed by atoms with van der Waals surface area (Å²) in [7, 11) is 0. The second kappa shape index (κ2) is 1.91. The third-order valence-corrected chi connectivity index (χ3v) is 2.03. The summed E-state index contributed by atoms with van der Waals surface area (Å²) in [5.74, 6) is 0. The number of fused-ring (bicyclic) bond motifs is 3. The molecule has 0 saturated carbocycles. The van der Waals surface area contributed by atoms with Crippen molar-refractivity contribution in [3.05, 3.63) is 22.6 Å². The van der Waals surface area contributed by atoms with E-state index in [1.54, 1.807) is 0 Å². The van der Waals surface area contributed by atoms with Gasteiger partial charge in [0.05, 0.1) is 23.8 Å². The first kappa shape index (κ1) is 5.89. The molecule has 2 radical (unpaired) electrons. The summed E-state index contributed by atoms with van der Waals surface area (Å²) < 4.78 is 0. The summed E-state index contributed by atoms with van der Waals surface area (Å²) in [6, 6.07) is 3.91. The van der Waals surface area contributed by atoms with Crippen LogP contribution in [0.25, 0.3) is 12.2 Å². The second-order valence-electron chi connectivity index (χ2n) is 2.70. The third-order valence-electron chi connectivity index (χ3n) is 2.03. The molecular weight excluding hydrogens is 148 g/mol.